The first-order valence-electron chi connectivity index (χ1n) is 6.34. The van der Waals surface area contributed by atoms with Crippen molar-refractivity contribution in [1.29, 1.82) is 0 Å². The van der Waals surface area contributed by atoms with E-state index in [1.807, 2.05) is 0 Å². The third-order valence-corrected chi connectivity index (χ3v) is 3.71. The van der Waals surface area contributed by atoms with Gasteiger partial charge in [0.25, 0.3) is 11.6 Å². The molecule has 7 nitrogen and oxygen atoms in total. The van der Waals surface area contributed by atoms with Crippen molar-refractivity contribution in [2.75, 3.05) is 6.54 Å². The van der Waals surface area contributed by atoms with Gasteiger partial charge in [-0.25, -0.2) is 0 Å². The van der Waals surface area contributed by atoms with Gasteiger partial charge in [0.1, 0.15) is 5.69 Å². The lowest BCUT2D eigenvalue weighted by Crippen LogP contribution is -2.40. The van der Waals surface area contributed by atoms with Crippen LogP contribution in [0, 0.1) is 16.0 Å². The molecule has 3 N–H and O–H groups in total. The van der Waals surface area contributed by atoms with E-state index in [-0.39, 0.29) is 17.6 Å². The molecular formula is C12H18N4O3. The normalized spacial score (nSPS) is 22.4. The number of hydrogen-bond acceptors (Lipinski definition) is 4. The number of nitrogens with one attached hydrogen (secondary N) is 1. The molecule has 0 radical (unpaired) electrons. The molecule has 2 atom stereocenters. The van der Waals surface area contributed by atoms with Crippen molar-refractivity contribution < 1.29 is 9.72 Å². The van der Waals surface area contributed by atoms with Crippen LogP contribution in [0.3, 0.4) is 0 Å². The van der Waals surface area contributed by atoms with E-state index in [0.29, 0.717) is 18.2 Å². The van der Waals surface area contributed by atoms with Gasteiger partial charge in [-0.2, -0.15) is 0 Å². The maximum Gasteiger partial charge on any atom is 0.287 e. The predicted octanol–water partition coefficient (Wildman–Crippen LogP) is 0.790. The Morgan fingerprint density at radius 3 is 2.95 bits per heavy atom. The molecule has 19 heavy (non-hydrogen) atoms. The number of nitrogens with two attached hydrogens (primary N) is 1. The van der Waals surface area contributed by atoms with Crippen molar-refractivity contribution in [2.24, 2.45) is 18.7 Å². The highest BCUT2D eigenvalue weighted by Gasteiger charge is 2.28. The number of hydrogen-bond donors (Lipinski definition) is 2. The van der Waals surface area contributed by atoms with Crippen LogP contribution in [0.5, 0.6) is 0 Å². The van der Waals surface area contributed by atoms with Crippen LogP contribution in [0.15, 0.2) is 12.3 Å². The van der Waals surface area contributed by atoms with Gasteiger partial charge in [0, 0.05) is 19.2 Å². The standard InChI is InChI=1S/C12H18N4O3/c1-15-7-9(16(18)19)5-11(15)12(17)14-10-4-2-3-8(10)6-13/h5,7-8,10H,2-4,6,13H2,1H3,(H,14,17). The molecule has 0 saturated heterocycles. The molecule has 1 aromatic rings. The highest BCUT2D eigenvalue weighted by Crippen LogP contribution is 2.25. The summed E-state index contributed by atoms with van der Waals surface area (Å²) in [5, 5.41) is 13.6. The lowest BCUT2D eigenvalue weighted by atomic mass is 10.0. The van der Waals surface area contributed by atoms with E-state index in [1.165, 1.54) is 16.8 Å². The minimum atomic E-state index is -0.505. The summed E-state index contributed by atoms with van der Waals surface area (Å²) in [6.07, 6.45) is 4.33. The van der Waals surface area contributed by atoms with Gasteiger partial charge in [0.2, 0.25) is 0 Å². The highest BCUT2D eigenvalue weighted by atomic mass is 16.6. The van der Waals surface area contributed by atoms with E-state index >= 15 is 0 Å². The van der Waals surface area contributed by atoms with E-state index in [1.54, 1.807) is 7.05 Å². The van der Waals surface area contributed by atoms with E-state index in [9.17, 15) is 14.9 Å². The molecule has 1 aliphatic carbocycles. The number of aromatic nitrogens is 1. The zero-order chi connectivity index (χ0) is 14.0. The SMILES string of the molecule is Cn1cc([N+](=O)[O-])cc1C(=O)NC1CCCC1CN. The molecule has 0 bridgehead atoms. The predicted molar refractivity (Wildman–Crippen MR) is 69.7 cm³/mol. The van der Waals surface area contributed by atoms with Crippen LogP contribution in [0.25, 0.3) is 0 Å². The van der Waals surface area contributed by atoms with Crippen LogP contribution >= 0.6 is 0 Å². The number of nitro groups is 1. The fourth-order valence-electron chi connectivity index (χ4n) is 2.62. The van der Waals surface area contributed by atoms with Gasteiger partial charge >= 0.3 is 0 Å². The van der Waals surface area contributed by atoms with Gasteiger partial charge in [-0.1, -0.05) is 6.42 Å². The number of nitrogens with zero attached hydrogens (tertiary/aromatic N) is 2. The molecule has 2 rings (SSSR count). The van der Waals surface area contributed by atoms with E-state index in [0.717, 1.165) is 19.3 Å². The Morgan fingerprint density at radius 2 is 2.37 bits per heavy atom. The van der Waals surface area contributed by atoms with Crippen LogP contribution in [0.2, 0.25) is 0 Å². The minimum Gasteiger partial charge on any atom is -0.348 e. The van der Waals surface area contributed by atoms with Crippen LogP contribution in [0.4, 0.5) is 5.69 Å². The lowest BCUT2D eigenvalue weighted by Gasteiger charge is -2.19. The van der Waals surface area contributed by atoms with E-state index in [2.05, 4.69) is 5.32 Å². The first kappa shape index (κ1) is 13.5. The molecule has 0 aliphatic heterocycles. The van der Waals surface area contributed by atoms with Crippen molar-refractivity contribution in [3.63, 3.8) is 0 Å². The Bertz CT molecular complexity index is 497. The van der Waals surface area contributed by atoms with Crippen molar-refractivity contribution in [2.45, 2.75) is 25.3 Å². The van der Waals surface area contributed by atoms with Gasteiger partial charge in [-0.15, -0.1) is 0 Å². The largest absolute Gasteiger partial charge is 0.348 e. The second-order valence-electron chi connectivity index (χ2n) is 4.96. The first-order chi connectivity index (χ1) is 9.02. The number of aryl methyl sites for hydroxylation is 1. The average Bonchev–Trinajstić information content (AvgIpc) is 2.95. The van der Waals surface area contributed by atoms with Gasteiger partial charge in [0.15, 0.2) is 0 Å². The Morgan fingerprint density at radius 1 is 1.63 bits per heavy atom. The molecule has 104 valence electrons. The Labute approximate surface area is 110 Å². The van der Waals surface area contributed by atoms with Crippen LogP contribution in [0.1, 0.15) is 29.8 Å². The molecule has 7 heteroatoms. The van der Waals surface area contributed by atoms with E-state index < -0.39 is 4.92 Å². The molecule has 1 saturated carbocycles. The maximum atomic E-state index is 12.1. The van der Waals surface area contributed by atoms with Crippen LogP contribution in [-0.4, -0.2) is 28.0 Å². The first-order valence-corrected chi connectivity index (χ1v) is 6.34. The average molecular weight is 266 g/mol. The second kappa shape index (κ2) is 5.40. The fraction of sp³-hybridized carbons (Fsp3) is 0.583. The summed E-state index contributed by atoms with van der Waals surface area (Å²) in [7, 11) is 1.62. The summed E-state index contributed by atoms with van der Waals surface area (Å²) in [4.78, 5) is 22.3. The Balaban J connectivity index is 2.09. The molecule has 1 amide bonds. The van der Waals surface area contributed by atoms with Crippen molar-refractivity contribution >= 4 is 11.6 Å². The summed E-state index contributed by atoms with van der Waals surface area (Å²) < 4.78 is 1.47. The number of carbonyl (C=O) groups excluding carboxylic acids is 1. The summed E-state index contributed by atoms with van der Waals surface area (Å²) >= 11 is 0. The summed E-state index contributed by atoms with van der Waals surface area (Å²) in [5.41, 5.74) is 5.89. The number of amides is 1. The molecule has 0 aromatic carbocycles. The number of rotatable bonds is 4. The molecule has 1 aromatic heterocycles. The summed E-state index contributed by atoms with van der Waals surface area (Å²) in [6.45, 7) is 0.554. The van der Waals surface area contributed by atoms with Crippen molar-refractivity contribution in [3.8, 4) is 0 Å². The number of carbonyl (C=O) groups is 1. The van der Waals surface area contributed by atoms with Crippen LogP contribution in [-0.2, 0) is 7.05 Å². The Hall–Kier alpha value is -1.89. The van der Waals surface area contributed by atoms with Gasteiger partial charge in [-0.05, 0) is 25.3 Å². The van der Waals surface area contributed by atoms with Gasteiger partial charge < -0.3 is 15.6 Å². The highest BCUT2D eigenvalue weighted by molar-refractivity contribution is 5.93. The fourth-order valence-corrected chi connectivity index (χ4v) is 2.62. The topological polar surface area (TPSA) is 103 Å². The quantitative estimate of drug-likeness (QED) is 0.621. The third-order valence-electron chi connectivity index (χ3n) is 3.71. The molecular weight excluding hydrogens is 248 g/mol. The molecule has 1 fully saturated rings. The maximum absolute atomic E-state index is 12.1. The second-order valence-corrected chi connectivity index (χ2v) is 4.96. The summed E-state index contributed by atoms with van der Waals surface area (Å²) in [6, 6.07) is 1.37. The monoisotopic (exact) mass is 266 g/mol. The molecule has 0 spiro atoms. The zero-order valence-electron chi connectivity index (χ0n) is 10.8. The van der Waals surface area contributed by atoms with Crippen LogP contribution < -0.4 is 11.1 Å². The van der Waals surface area contributed by atoms with Gasteiger partial charge in [0.05, 0.1) is 11.1 Å². The third kappa shape index (κ3) is 2.76. The zero-order valence-corrected chi connectivity index (χ0v) is 10.8. The van der Waals surface area contributed by atoms with Gasteiger partial charge in [-0.3, -0.25) is 14.9 Å². The molecule has 2 unspecified atom stereocenters. The minimum absolute atomic E-state index is 0.0746. The van der Waals surface area contributed by atoms with Crippen molar-refractivity contribution in [3.05, 3.63) is 28.1 Å². The summed E-state index contributed by atoms with van der Waals surface area (Å²) in [5.74, 6) is 0.0279. The molecule has 1 aliphatic rings. The van der Waals surface area contributed by atoms with E-state index in [4.69, 9.17) is 5.73 Å². The Kier molecular flexibility index (Phi) is 3.84. The smallest absolute Gasteiger partial charge is 0.287 e. The lowest BCUT2D eigenvalue weighted by molar-refractivity contribution is -0.384. The van der Waals surface area contributed by atoms with Crippen molar-refractivity contribution in [1.82, 2.24) is 9.88 Å². The molecule has 1 heterocycles.